The zero-order valence-electron chi connectivity index (χ0n) is 14.5. The third kappa shape index (κ3) is 3.22. The SMILES string of the molecule is COc1ccc(C(Nc2ncnc3ccccc23)c2ccccc2)cc1. The molecule has 1 N–H and O–H groups in total. The van der Waals surface area contributed by atoms with Gasteiger partial charge in [-0.15, -0.1) is 0 Å². The number of ether oxygens (including phenoxy) is 1. The van der Waals surface area contributed by atoms with E-state index in [0.717, 1.165) is 28.0 Å². The highest BCUT2D eigenvalue weighted by molar-refractivity contribution is 5.88. The molecule has 1 unspecified atom stereocenters. The van der Waals surface area contributed by atoms with E-state index in [-0.39, 0.29) is 6.04 Å². The maximum atomic E-state index is 5.29. The average Bonchev–Trinajstić information content (AvgIpc) is 2.73. The largest absolute Gasteiger partial charge is 0.497 e. The average molecular weight is 341 g/mol. The number of methoxy groups -OCH3 is 1. The first-order chi connectivity index (χ1) is 12.8. The van der Waals surface area contributed by atoms with Crippen LogP contribution in [0.25, 0.3) is 10.9 Å². The van der Waals surface area contributed by atoms with Crippen LogP contribution in [0.15, 0.2) is 85.2 Å². The molecule has 0 saturated carbocycles. The minimum atomic E-state index is -0.0274. The number of para-hydroxylation sites is 1. The quantitative estimate of drug-likeness (QED) is 0.564. The van der Waals surface area contributed by atoms with Gasteiger partial charge in [0.2, 0.25) is 0 Å². The highest BCUT2D eigenvalue weighted by atomic mass is 16.5. The van der Waals surface area contributed by atoms with Crippen LogP contribution in [0.5, 0.6) is 5.75 Å². The van der Waals surface area contributed by atoms with Crippen molar-refractivity contribution in [3.05, 3.63) is 96.3 Å². The lowest BCUT2D eigenvalue weighted by Crippen LogP contribution is -2.13. The van der Waals surface area contributed by atoms with Gasteiger partial charge in [-0.2, -0.15) is 0 Å². The third-order valence-electron chi connectivity index (χ3n) is 4.41. The molecule has 1 heterocycles. The van der Waals surface area contributed by atoms with Crippen LogP contribution in [0.1, 0.15) is 17.2 Å². The van der Waals surface area contributed by atoms with Crippen molar-refractivity contribution < 1.29 is 4.74 Å². The van der Waals surface area contributed by atoms with Crippen LogP contribution in [0.4, 0.5) is 5.82 Å². The lowest BCUT2D eigenvalue weighted by molar-refractivity contribution is 0.414. The summed E-state index contributed by atoms with van der Waals surface area (Å²) in [5.74, 6) is 1.66. The zero-order chi connectivity index (χ0) is 17.8. The Morgan fingerprint density at radius 2 is 1.46 bits per heavy atom. The van der Waals surface area contributed by atoms with Crippen LogP contribution < -0.4 is 10.1 Å². The molecule has 4 rings (SSSR count). The van der Waals surface area contributed by atoms with Crippen LogP contribution in [0.2, 0.25) is 0 Å². The number of benzene rings is 3. The molecule has 0 aliphatic rings. The molecule has 0 saturated heterocycles. The normalized spacial score (nSPS) is 11.9. The number of aromatic nitrogens is 2. The van der Waals surface area contributed by atoms with E-state index >= 15 is 0 Å². The van der Waals surface area contributed by atoms with Crippen molar-refractivity contribution >= 4 is 16.7 Å². The van der Waals surface area contributed by atoms with Crippen molar-refractivity contribution in [2.75, 3.05) is 12.4 Å². The fourth-order valence-electron chi connectivity index (χ4n) is 3.06. The second-order valence-corrected chi connectivity index (χ2v) is 6.00. The van der Waals surface area contributed by atoms with Crippen LogP contribution >= 0.6 is 0 Å². The first-order valence-corrected chi connectivity index (χ1v) is 8.50. The summed E-state index contributed by atoms with van der Waals surface area (Å²) in [6.45, 7) is 0. The summed E-state index contributed by atoms with van der Waals surface area (Å²) < 4.78 is 5.29. The van der Waals surface area contributed by atoms with Gasteiger partial charge in [-0.05, 0) is 35.4 Å². The number of hydrogen-bond acceptors (Lipinski definition) is 4. The Bertz CT molecular complexity index is 995. The Morgan fingerprint density at radius 1 is 0.769 bits per heavy atom. The molecule has 0 radical (unpaired) electrons. The van der Waals surface area contributed by atoms with E-state index in [9.17, 15) is 0 Å². The van der Waals surface area contributed by atoms with Gasteiger partial charge in [0, 0.05) is 5.39 Å². The summed E-state index contributed by atoms with van der Waals surface area (Å²) in [5.41, 5.74) is 3.23. The summed E-state index contributed by atoms with van der Waals surface area (Å²) in [6.07, 6.45) is 1.60. The van der Waals surface area contributed by atoms with E-state index < -0.39 is 0 Å². The van der Waals surface area contributed by atoms with Crippen molar-refractivity contribution in [1.82, 2.24) is 9.97 Å². The predicted molar refractivity (Wildman–Crippen MR) is 104 cm³/mol. The summed E-state index contributed by atoms with van der Waals surface area (Å²) >= 11 is 0. The summed E-state index contributed by atoms with van der Waals surface area (Å²) in [7, 11) is 1.68. The van der Waals surface area contributed by atoms with Gasteiger partial charge in [-0.25, -0.2) is 9.97 Å². The van der Waals surface area contributed by atoms with Gasteiger partial charge < -0.3 is 10.1 Å². The van der Waals surface area contributed by atoms with E-state index in [1.165, 1.54) is 5.56 Å². The third-order valence-corrected chi connectivity index (χ3v) is 4.41. The summed E-state index contributed by atoms with van der Waals surface area (Å²) in [5, 5.41) is 4.60. The van der Waals surface area contributed by atoms with Crippen molar-refractivity contribution in [2.45, 2.75) is 6.04 Å². The second kappa shape index (κ2) is 7.23. The Morgan fingerprint density at radius 3 is 2.23 bits per heavy atom. The molecule has 0 fully saturated rings. The van der Waals surface area contributed by atoms with E-state index in [0.29, 0.717) is 0 Å². The molecular formula is C22H19N3O. The fraction of sp³-hybridized carbons (Fsp3) is 0.0909. The zero-order valence-corrected chi connectivity index (χ0v) is 14.5. The van der Waals surface area contributed by atoms with E-state index in [4.69, 9.17) is 4.74 Å². The molecule has 0 amide bonds. The van der Waals surface area contributed by atoms with Crippen LogP contribution in [0, 0.1) is 0 Å². The molecule has 0 spiro atoms. The molecule has 1 atom stereocenters. The smallest absolute Gasteiger partial charge is 0.138 e. The predicted octanol–water partition coefficient (Wildman–Crippen LogP) is 4.84. The molecule has 4 nitrogen and oxygen atoms in total. The van der Waals surface area contributed by atoms with E-state index in [1.807, 2.05) is 54.6 Å². The Balaban J connectivity index is 1.77. The van der Waals surface area contributed by atoms with Crippen LogP contribution in [0.3, 0.4) is 0 Å². The number of nitrogens with one attached hydrogen (secondary N) is 1. The molecule has 4 heteroatoms. The molecular weight excluding hydrogens is 322 g/mol. The number of anilines is 1. The number of nitrogens with zero attached hydrogens (tertiary/aromatic N) is 2. The summed E-state index contributed by atoms with van der Waals surface area (Å²) in [4.78, 5) is 8.83. The molecule has 4 aromatic rings. The van der Waals surface area contributed by atoms with Gasteiger partial charge in [0.1, 0.15) is 17.9 Å². The van der Waals surface area contributed by atoms with Crippen molar-refractivity contribution in [3.63, 3.8) is 0 Å². The van der Waals surface area contributed by atoms with Gasteiger partial charge >= 0.3 is 0 Å². The van der Waals surface area contributed by atoms with Crippen molar-refractivity contribution in [3.8, 4) is 5.75 Å². The van der Waals surface area contributed by atoms with E-state index in [1.54, 1.807) is 13.4 Å². The van der Waals surface area contributed by atoms with Gasteiger partial charge in [0.25, 0.3) is 0 Å². The Kier molecular flexibility index (Phi) is 4.48. The molecule has 26 heavy (non-hydrogen) atoms. The standard InChI is InChI=1S/C22H19N3O/c1-26-18-13-11-17(12-14-18)21(16-7-3-2-4-8-16)25-22-19-9-5-6-10-20(19)23-15-24-22/h2-15,21H,1H3,(H,23,24,25). The highest BCUT2D eigenvalue weighted by Crippen LogP contribution is 2.29. The highest BCUT2D eigenvalue weighted by Gasteiger charge is 2.16. The van der Waals surface area contributed by atoms with Gasteiger partial charge in [-0.3, -0.25) is 0 Å². The molecule has 0 aliphatic heterocycles. The first-order valence-electron chi connectivity index (χ1n) is 8.50. The van der Waals surface area contributed by atoms with Crippen LogP contribution in [-0.2, 0) is 0 Å². The van der Waals surface area contributed by atoms with Crippen molar-refractivity contribution in [2.24, 2.45) is 0 Å². The number of rotatable bonds is 5. The van der Waals surface area contributed by atoms with Crippen molar-refractivity contribution in [1.29, 1.82) is 0 Å². The van der Waals surface area contributed by atoms with Gasteiger partial charge in [0.15, 0.2) is 0 Å². The maximum Gasteiger partial charge on any atom is 0.138 e. The monoisotopic (exact) mass is 341 g/mol. The summed E-state index contributed by atoms with van der Waals surface area (Å²) in [6, 6.07) is 26.4. The lowest BCUT2D eigenvalue weighted by Gasteiger charge is -2.21. The molecule has 3 aromatic carbocycles. The molecule has 0 bridgehead atoms. The Hall–Kier alpha value is -3.40. The number of hydrogen-bond donors (Lipinski definition) is 1. The minimum Gasteiger partial charge on any atom is -0.497 e. The molecule has 1 aromatic heterocycles. The molecule has 128 valence electrons. The van der Waals surface area contributed by atoms with Crippen LogP contribution in [-0.4, -0.2) is 17.1 Å². The van der Waals surface area contributed by atoms with E-state index in [2.05, 4.69) is 39.6 Å². The van der Waals surface area contributed by atoms with Gasteiger partial charge in [-0.1, -0.05) is 54.6 Å². The fourth-order valence-corrected chi connectivity index (χ4v) is 3.06. The topological polar surface area (TPSA) is 47.0 Å². The van der Waals surface area contributed by atoms with Gasteiger partial charge in [0.05, 0.1) is 18.7 Å². The second-order valence-electron chi connectivity index (χ2n) is 6.00. The Labute approximate surface area is 152 Å². The lowest BCUT2D eigenvalue weighted by atomic mass is 9.98. The molecule has 0 aliphatic carbocycles. The first kappa shape index (κ1) is 16.1. The maximum absolute atomic E-state index is 5.29. The number of fused-ring (bicyclic) bond motifs is 1. The minimum absolute atomic E-state index is 0.0274.